The van der Waals surface area contributed by atoms with Crippen LogP contribution in [0.15, 0.2) is 16.6 Å². The molecule has 1 amide bonds. The van der Waals surface area contributed by atoms with Crippen molar-refractivity contribution in [2.75, 3.05) is 17.2 Å². The molecular formula is C10H10BrFN2O2. The molecule has 3 N–H and O–H groups in total. The van der Waals surface area contributed by atoms with Gasteiger partial charge in [-0.3, -0.25) is 4.79 Å². The van der Waals surface area contributed by atoms with E-state index in [-0.39, 0.29) is 23.3 Å². The number of hydrogen-bond acceptors (Lipinski definition) is 3. The first-order chi connectivity index (χ1) is 7.49. The SMILES string of the molecule is Nc1cc(Br)c(F)cc1N1CC(O)CC1=O. The third-order valence-corrected chi connectivity index (χ3v) is 3.07. The number of hydrogen-bond donors (Lipinski definition) is 2. The highest BCUT2D eigenvalue weighted by molar-refractivity contribution is 9.10. The maximum absolute atomic E-state index is 13.3. The molecule has 4 nitrogen and oxygen atoms in total. The minimum atomic E-state index is -0.710. The highest BCUT2D eigenvalue weighted by Crippen LogP contribution is 2.31. The van der Waals surface area contributed by atoms with E-state index < -0.39 is 11.9 Å². The molecule has 86 valence electrons. The second-order valence-corrected chi connectivity index (χ2v) is 4.54. The van der Waals surface area contributed by atoms with Gasteiger partial charge < -0.3 is 15.7 Å². The Kier molecular flexibility index (Phi) is 2.86. The van der Waals surface area contributed by atoms with E-state index in [1.54, 1.807) is 0 Å². The van der Waals surface area contributed by atoms with Gasteiger partial charge in [0.2, 0.25) is 5.91 Å². The van der Waals surface area contributed by atoms with Crippen molar-refractivity contribution in [3.8, 4) is 0 Å². The average molecular weight is 289 g/mol. The van der Waals surface area contributed by atoms with Crippen LogP contribution in [0.4, 0.5) is 15.8 Å². The fourth-order valence-electron chi connectivity index (χ4n) is 1.71. The van der Waals surface area contributed by atoms with E-state index in [2.05, 4.69) is 15.9 Å². The number of nitrogen functional groups attached to an aromatic ring is 1. The Hall–Kier alpha value is -1.14. The maximum atomic E-state index is 13.3. The predicted octanol–water partition coefficient (Wildman–Crippen LogP) is 1.27. The monoisotopic (exact) mass is 288 g/mol. The van der Waals surface area contributed by atoms with Crippen LogP contribution in [0, 0.1) is 5.82 Å². The highest BCUT2D eigenvalue weighted by Gasteiger charge is 2.30. The van der Waals surface area contributed by atoms with Crippen LogP contribution in [0.3, 0.4) is 0 Å². The van der Waals surface area contributed by atoms with Crippen LogP contribution in [0.1, 0.15) is 6.42 Å². The van der Waals surface area contributed by atoms with Crippen LogP contribution in [0.2, 0.25) is 0 Å². The Bertz CT molecular complexity index is 453. The van der Waals surface area contributed by atoms with Crippen molar-refractivity contribution >= 4 is 33.2 Å². The molecule has 1 saturated heterocycles. The summed E-state index contributed by atoms with van der Waals surface area (Å²) in [7, 11) is 0. The van der Waals surface area contributed by atoms with E-state index in [0.29, 0.717) is 11.4 Å². The van der Waals surface area contributed by atoms with E-state index in [1.165, 1.54) is 17.0 Å². The summed E-state index contributed by atoms with van der Waals surface area (Å²) in [6, 6.07) is 2.60. The quantitative estimate of drug-likeness (QED) is 0.765. The Labute approximate surface area is 100.0 Å². The van der Waals surface area contributed by atoms with Crippen molar-refractivity contribution in [3.63, 3.8) is 0 Å². The van der Waals surface area contributed by atoms with Crippen LogP contribution in [0.5, 0.6) is 0 Å². The number of benzene rings is 1. The standard InChI is InChI=1S/C10H10BrFN2O2/c11-6-2-8(13)9(3-7(6)12)14-4-5(15)1-10(14)16/h2-3,5,15H,1,4,13H2. The number of aliphatic hydroxyl groups excluding tert-OH is 1. The van der Waals surface area contributed by atoms with Gasteiger partial charge in [-0.05, 0) is 22.0 Å². The largest absolute Gasteiger partial charge is 0.397 e. The number of halogens is 2. The number of carbonyl (C=O) groups excluding carboxylic acids is 1. The number of β-amino-alcohol motifs (C(OH)–C–C–N with tert-alkyl or cyclic N) is 1. The minimum Gasteiger partial charge on any atom is -0.397 e. The van der Waals surface area contributed by atoms with Gasteiger partial charge in [-0.2, -0.15) is 0 Å². The maximum Gasteiger partial charge on any atom is 0.229 e. The minimum absolute atomic E-state index is 0.0527. The molecule has 0 saturated carbocycles. The smallest absolute Gasteiger partial charge is 0.229 e. The fourth-order valence-corrected chi connectivity index (χ4v) is 2.07. The van der Waals surface area contributed by atoms with E-state index in [4.69, 9.17) is 5.73 Å². The van der Waals surface area contributed by atoms with E-state index in [1.807, 2.05) is 0 Å². The first-order valence-electron chi connectivity index (χ1n) is 4.72. The molecule has 0 aliphatic carbocycles. The molecular weight excluding hydrogens is 279 g/mol. The van der Waals surface area contributed by atoms with Crippen molar-refractivity contribution in [3.05, 3.63) is 22.4 Å². The highest BCUT2D eigenvalue weighted by atomic mass is 79.9. The van der Waals surface area contributed by atoms with Crippen LogP contribution in [0.25, 0.3) is 0 Å². The molecule has 1 aromatic carbocycles. The molecule has 1 aliphatic rings. The lowest BCUT2D eigenvalue weighted by Gasteiger charge is -2.18. The first kappa shape index (κ1) is 11.3. The van der Waals surface area contributed by atoms with Crippen LogP contribution in [-0.4, -0.2) is 23.7 Å². The fraction of sp³-hybridized carbons (Fsp3) is 0.300. The molecule has 16 heavy (non-hydrogen) atoms. The third kappa shape index (κ3) is 1.90. The van der Waals surface area contributed by atoms with Crippen molar-refractivity contribution in [2.45, 2.75) is 12.5 Å². The van der Waals surface area contributed by atoms with Gasteiger partial charge in [-0.1, -0.05) is 0 Å². The van der Waals surface area contributed by atoms with E-state index >= 15 is 0 Å². The topological polar surface area (TPSA) is 66.6 Å². The molecule has 1 heterocycles. The average Bonchev–Trinajstić information content (AvgIpc) is 2.51. The second kappa shape index (κ2) is 4.03. The second-order valence-electron chi connectivity index (χ2n) is 3.69. The van der Waals surface area contributed by atoms with Gasteiger partial charge >= 0.3 is 0 Å². The Morgan fingerprint density at radius 2 is 2.25 bits per heavy atom. The van der Waals surface area contributed by atoms with Crippen molar-refractivity contribution in [2.24, 2.45) is 0 Å². The Morgan fingerprint density at radius 1 is 1.56 bits per heavy atom. The predicted molar refractivity (Wildman–Crippen MR) is 61.5 cm³/mol. The molecule has 0 bridgehead atoms. The van der Waals surface area contributed by atoms with Gasteiger partial charge in [0.25, 0.3) is 0 Å². The summed E-state index contributed by atoms with van der Waals surface area (Å²) in [6.07, 6.45) is -0.657. The zero-order valence-electron chi connectivity index (χ0n) is 8.28. The number of nitrogens with two attached hydrogens (primary N) is 1. The lowest BCUT2D eigenvalue weighted by atomic mass is 10.2. The summed E-state index contributed by atoms with van der Waals surface area (Å²) in [5.74, 6) is -0.737. The van der Waals surface area contributed by atoms with E-state index in [9.17, 15) is 14.3 Å². The molecule has 2 rings (SSSR count). The summed E-state index contributed by atoms with van der Waals surface area (Å²) in [6.45, 7) is 0.157. The number of amides is 1. The van der Waals surface area contributed by atoms with Gasteiger partial charge in [0, 0.05) is 6.07 Å². The lowest BCUT2D eigenvalue weighted by molar-refractivity contribution is -0.117. The van der Waals surface area contributed by atoms with E-state index in [0.717, 1.165) is 0 Å². The van der Waals surface area contributed by atoms with Crippen LogP contribution >= 0.6 is 15.9 Å². The summed E-state index contributed by atoms with van der Waals surface area (Å²) >= 11 is 3.01. The van der Waals surface area contributed by atoms with Crippen molar-refractivity contribution < 1.29 is 14.3 Å². The molecule has 1 fully saturated rings. The van der Waals surface area contributed by atoms with Gasteiger partial charge in [-0.15, -0.1) is 0 Å². The summed E-state index contributed by atoms with van der Waals surface area (Å²) in [4.78, 5) is 12.8. The molecule has 0 aromatic heterocycles. The molecule has 1 aliphatic heterocycles. The van der Waals surface area contributed by atoms with Crippen molar-refractivity contribution in [1.29, 1.82) is 0 Å². The Balaban J connectivity index is 2.41. The third-order valence-electron chi connectivity index (χ3n) is 2.47. The van der Waals surface area contributed by atoms with Crippen molar-refractivity contribution in [1.82, 2.24) is 0 Å². The molecule has 6 heteroatoms. The summed E-state index contributed by atoms with van der Waals surface area (Å²) < 4.78 is 13.6. The zero-order chi connectivity index (χ0) is 11.9. The number of nitrogens with zero attached hydrogens (tertiary/aromatic N) is 1. The van der Waals surface area contributed by atoms with Gasteiger partial charge in [0.1, 0.15) is 5.82 Å². The summed E-state index contributed by atoms with van der Waals surface area (Å²) in [5.41, 5.74) is 6.31. The normalized spacial score (nSPS) is 20.6. The van der Waals surface area contributed by atoms with Crippen LogP contribution < -0.4 is 10.6 Å². The molecule has 1 aromatic rings. The number of rotatable bonds is 1. The molecule has 0 spiro atoms. The van der Waals surface area contributed by atoms with Gasteiger partial charge in [0.15, 0.2) is 0 Å². The zero-order valence-corrected chi connectivity index (χ0v) is 9.87. The molecule has 1 unspecified atom stereocenters. The lowest BCUT2D eigenvalue weighted by Crippen LogP contribution is -2.26. The number of anilines is 2. The number of aliphatic hydroxyl groups is 1. The van der Waals surface area contributed by atoms with Gasteiger partial charge in [-0.25, -0.2) is 4.39 Å². The summed E-state index contributed by atoms with van der Waals surface area (Å²) in [5, 5.41) is 9.34. The molecule has 0 radical (unpaired) electrons. The Morgan fingerprint density at radius 3 is 2.81 bits per heavy atom. The number of carbonyl (C=O) groups is 1. The van der Waals surface area contributed by atoms with Gasteiger partial charge in [0.05, 0.1) is 34.9 Å². The van der Waals surface area contributed by atoms with Crippen LogP contribution in [-0.2, 0) is 4.79 Å². The molecule has 1 atom stereocenters. The first-order valence-corrected chi connectivity index (χ1v) is 5.51.